The number of hydrogen-bond acceptors (Lipinski definition) is 4. The quantitative estimate of drug-likeness (QED) is 0.812. The maximum Gasteiger partial charge on any atom is 0.271 e. The Bertz CT molecular complexity index is 895. The fourth-order valence-electron chi connectivity index (χ4n) is 4.85. The molecule has 1 aromatic carbocycles. The maximum absolute atomic E-state index is 14.5. The van der Waals surface area contributed by atoms with Crippen LogP contribution in [-0.4, -0.2) is 46.7 Å². The third-order valence-corrected chi connectivity index (χ3v) is 6.37. The third kappa shape index (κ3) is 4.40. The van der Waals surface area contributed by atoms with E-state index < -0.39 is 0 Å². The number of carbonyl (C=O) groups is 1. The Balaban J connectivity index is 1.35. The second-order valence-electron chi connectivity index (χ2n) is 8.30. The molecule has 0 unspecified atom stereocenters. The minimum Gasteiger partial charge on any atom is -0.348 e. The molecule has 0 spiro atoms. The van der Waals surface area contributed by atoms with Crippen LogP contribution in [0.5, 0.6) is 0 Å². The number of aromatic nitrogens is 2. The van der Waals surface area contributed by atoms with E-state index in [1.165, 1.54) is 12.1 Å². The van der Waals surface area contributed by atoms with Crippen LogP contribution in [0.1, 0.15) is 54.6 Å². The van der Waals surface area contributed by atoms with E-state index in [2.05, 4.69) is 20.4 Å². The molecule has 1 saturated heterocycles. The van der Waals surface area contributed by atoms with Gasteiger partial charge in [0.05, 0.1) is 0 Å². The van der Waals surface area contributed by atoms with E-state index in [4.69, 9.17) is 0 Å². The first kappa shape index (κ1) is 19.8. The molecule has 7 heteroatoms. The molecule has 0 atom stereocenters. The standard InChI is InChI=1S/C22H27FN4O2/c23-18-6-2-1-5-17(18)22(11-3-4-12-22)15-27-13-9-16(10-14-27)24-21(29)19-7-8-20(28)26-25-19/h1-2,5-8,16H,3-4,9-15H2,(H,24,29)(H,26,28). The van der Waals surface area contributed by atoms with Crippen LogP contribution in [0.25, 0.3) is 0 Å². The van der Waals surface area contributed by atoms with Crippen LogP contribution < -0.4 is 10.9 Å². The Morgan fingerprint density at radius 2 is 1.90 bits per heavy atom. The molecule has 1 amide bonds. The molecule has 1 saturated carbocycles. The van der Waals surface area contributed by atoms with Gasteiger partial charge in [-0.15, -0.1) is 0 Å². The average Bonchev–Trinajstić information content (AvgIpc) is 3.19. The van der Waals surface area contributed by atoms with Gasteiger partial charge in [0.1, 0.15) is 11.5 Å². The monoisotopic (exact) mass is 398 g/mol. The summed E-state index contributed by atoms with van der Waals surface area (Å²) in [5.74, 6) is -0.358. The number of carbonyl (C=O) groups excluding carboxylic acids is 1. The first-order valence-electron chi connectivity index (χ1n) is 10.4. The van der Waals surface area contributed by atoms with E-state index in [0.29, 0.717) is 0 Å². The second-order valence-corrected chi connectivity index (χ2v) is 8.30. The molecule has 2 aromatic rings. The highest BCUT2D eigenvalue weighted by Crippen LogP contribution is 2.43. The first-order chi connectivity index (χ1) is 14.1. The van der Waals surface area contributed by atoms with Gasteiger partial charge in [0.25, 0.3) is 11.5 Å². The minimum atomic E-state index is -0.328. The Labute approximate surface area is 169 Å². The number of nitrogens with one attached hydrogen (secondary N) is 2. The summed E-state index contributed by atoms with van der Waals surface area (Å²) in [5, 5.41) is 9.08. The van der Waals surface area contributed by atoms with Crippen molar-refractivity contribution in [1.29, 1.82) is 0 Å². The molecule has 1 aliphatic heterocycles. The van der Waals surface area contributed by atoms with Crippen molar-refractivity contribution in [2.75, 3.05) is 19.6 Å². The van der Waals surface area contributed by atoms with Crippen LogP contribution >= 0.6 is 0 Å². The highest BCUT2D eigenvalue weighted by molar-refractivity contribution is 5.92. The number of aromatic amines is 1. The van der Waals surface area contributed by atoms with Crippen LogP contribution in [0.4, 0.5) is 4.39 Å². The summed E-state index contributed by atoms with van der Waals surface area (Å²) < 4.78 is 14.5. The molecular formula is C22H27FN4O2. The summed E-state index contributed by atoms with van der Waals surface area (Å²) in [5.41, 5.74) is 0.653. The fraction of sp³-hybridized carbons (Fsp3) is 0.500. The molecule has 1 aliphatic carbocycles. The zero-order valence-corrected chi connectivity index (χ0v) is 16.5. The van der Waals surface area contributed by atoms with Crippen molar-refractivity contribution >= 4 is 5.91 Å². The van der Waals surface area contributed by atoms with Crippen LogP contribution in [0.3, 0.4) is 0 Å². The Kier molecular flexibility index (Phi) is 5.76. The van der Waals surface area contributed by atoms with E-state index in [9.17, 15) is 14.0 Å². The molecule has 4 rings (SSSR count). The molecule has 2 heterocycles. The lowest BCUT2D eigenvalue weighted by Gasteiger charge is -2.39. The highest BCUT2D eigenvalue weighted by atomic mass is 19.1. The number of piperidine rings is 1. The normalized spacial score (nSPS) is 19.9. The molecule has 0 radical (unpaired) electrons. The van der Waals surface area contributed by atoms with Gasteiger partial charge in [-0.05, 0) is 43.4 Å². The van der Waals surface area contributed by atoms with Gasteiger partial charge in [-0.2, -0.15) is 5.10 Å². The van der Waals surface area contributed by atoms with Gasteiger partial charge in [-0.3, -0.25) is 9.59 Å². The second kappa shape index (κ2) is 8.45. The third-order valence-electron chi connectivity index (χ3n) is 6.37. The first-order valence-corrected chi connectivity index (χ1v) is 10.4. The average molecular weight is 398 g/mol. The lowest BCUT2D eigenvalue weighted by molar-refractivity contribution is 0.0894. The highest BCUT2D eigenvalue weighted by Gasteiger charge is 2.39. The fourth-order valence-corrected chi connectivity index (χ4v) is 4.85. The van der Waals surface area contributed by atoms with Crippen molar-refractivity contribution in [3.63, 3.8) is 0 Å². The summed E-state index contributed by atoms with van der Waals surface area (Å²) in [4.78, 5) is 25.8. The van der Waals surface area contributed by atoms with Crippen LogP contribution in [0, 0.1) is 5.82 Å². The van der Waals surface area contributed by atoms with Crippen molar-refractivity contribution in [3.8, 4) is 0 Å². The van der Waals surface area contributed by atoms with Gasteiger partial charge in [0.15, 0.2) is 0 Å². The molecule has 2 N–H and O–H groups in total. The number of H-pyrrole nitrogens is 1. The van der Waals surface area contributed by atoms with Crippen molar-refractivity contribution < 1.29 is 9.18 Å². The number of halogens is 1. The van der Waals surface area contributed by atoms with Crippen molar-refractivity contribution in [2.24, 2.45) is 0 Å². The summed E-state index contributed by atoms with van der Waals surface area (Å²) in [6.07, 6.45) is 6.05. The van der Waals surface area contributed by atoms with Crippen LogP contribution in [0.15, 0.2) is 41.2 Å². The van der Waals surface area contributed by atoms with Gasteiger partial charge in [0, 0.05) is 37.2 Å². The van der Waals surface area contributed by atoms with Crippen molar-refractivity contribution in [2.45, 2.75) is 50.0 Å². The Morgan fingerprint density at radius 3 is 2.55 bits per heavy atom. The minimum absolute atomic E-state index is 0.0838. The number of nitrogens with zero attached hydrogens (tertiary/aromatic N) is 2. The van der Waals surface area contributed by atoms with Crippen molar-refractivity contribution in [1.82, 2.24) is 20.4 Å². The molecule has 0 bridgehead atoms. The molecular weight excluding hydrogens is 371 g/mol. The van der Waals surface area contributed by atoms with E-state index in [1.54, 1.807) is 12.1 Å². The molecule has 2 fully saturated rings. The van der Waals surface area contributed by atoms with Crippen LogP contribution in [0.2, 0.25) is 0 Å². The Hall–Kier alpha value is -2.54. The summed E-state index contributed by atoms with van der Waals surface area (Å²) >= 11 is 0. The zero-order valence-electron chi connectivity index (χ0n) is 16.5. The Morgan fingerprint density at radius 1 is 1.17 bits per heavy atom. The van der Waals surface area contributed by atoms with E-state index in [0.717, 1.165) is 63.7 Å². The molecule has 29 heavy (non-hydrogen) atoms. The lowest BCUT2D eigenvalue weighted by atomic mass is 9.77. The molecule has 6 nitrogen and oxygen atoms in total. The lowest BCUT2D eigenvalue weighted by Crippen LogP contribution is -2.48. The number of rotatable bonds is 5. The molecule has 154 valence electrons. The summed E-state index contributed by atoms with van der Waals surface area (Å²) in [6.45, 7) is 2.62. The topological polar surface area (TPSA) is 78.1 Å². The van der Waals surface area contributed by atoms with Gasteiger partial charge in [-0.25, -0.2) is 9.49 Å². The van der Waals surface area contributed by atoms with Crippen LogP contribution in [-0.2, 0) is 5.41 Å². The number of likely N-dealkylation sites (tertiary alicyclic amines) is 1. The smallest absolute Gasteiger partial charge is 0.271 e. The number of benzene rings is 1. The summed E-state index contributed by atoms with van der Waals surface area (Å²) in [7, 11) is 0. The SMILES string of the molecule is O=C(NC1CCN(CC2(c3ccccc3F)CCCC2)CC1)c1ccc(=O)[nH]n1. The molecule has 2 aliphatic rings. The number of hydrogen-bond donors (Lipinski definition) is 2. The maximum atomic E-state index is 14.5. The predicted molar refractivity (Wildman–Crippen MR) is 108 cm³/mol. The van der Waals surface area contributed by atoms with Gasteiger partial charge >= 0.3 is 0 Å². The molecule has 1 aromatic heterocycles. The predicted octanol–water partition coefficient (Wildman–Crippen LogP) is 2.62. The van der Waals surface area contributed by atoms with Gasteiger partial charge in [0.2, 0.25) is 0 Å². The summed E-state index contributed by atoms with van der Waals surface area (Å²) in [6, 6.07) is 10.0. The van der Waals surface area contributed by atoms with Gasteiger partial charge < -0.3 is 10.2 Å². The van der Waals surface area contributed by atoms with E-state index in [-0.39, 0.29) is 34.4 Å². The van der Waals surface area contributed by atoms with Gasteiger partial charge in [-0.1, -0.05) is 31.0 Å². The number of amides is 1. The van der Waals surface area contributed by atoms with E-state index in [1.807, 2.05) is 12.1 Å². The zero-order chi connectivity index (χ0) is 20.3. The largest absolute Gasteiger partial charge is 0.348 e. The van der Waals surface area contributed by atoms with Crippen molar-refractivity contribution in [3.05, 3.63) is 63.8 Å². The van der Waals surface area contributed by atoms with E-state index >= 15 is 0 Å².